The number of aromatic carboxylic acids is 1. The van der Waals surface area contributed by atoms with E-state index in [9.17, 15) is 4.79 Å². The smallest absolute Gasteiger partial charge is 0.394 e. The van der Waals surface area contributed by atoms with Crippen LogP contribution in [0.2, 0.25) is 0 Å². The maximum atomic E-state index is 10.5. The summed E-state index contributed by atoms with van der Waals surface area (Å²) in [4.78, 5) is 14.2. The first-order valence-corrected chi connectivity index (χ1v) is 4.93. The van der Waals surface area contributed by atoms with E-state index in [0.29, 0.717) is 12.2 Å². The van der Waals surface area contributed by atoms with Crippen molar-refractivity contribution in [3.05, 3.63) is 11.7 Å². The van der Waals surface area contributed by atoms with Crippen LogP contribution in [0, 0.1) is 0 Å². The number of rotatable bonds is 3. The molecule has 2 rings (SSSR count). The Morgan fingerprint density at radius 3 is 3.00 bits per heavy atom. The lowest BCUT2D eigenvalue weighted by Crippen LogP contribution is -2.21. The van der Waals surface area contributed by atoms with Gasteiger partial charge in [-0.15, -0.1) is 0 Å². The molecule has 0 spiro atoms. The highest BCUT2D eigenvalue weighted by molar-refractivity contribution is 5.81. The summed E-state index contributed by atoms with van der Waals surface area (Å²) in [6.07, 6.45) is 3.81. The van der Waals surface area contributed by atoms with E-state index in [2.05, 4.69) is 14.7 Å². The van der Waals surface area contributed by atoms with Crippen molar-refractivity contribution in [1.82, 2.24) is 10.1 Å². The first kappa shape index (κ1) is 10.1. The second-order valence-corrected chi connectivity index (χ2v) is 3.51. The second kappa shape index (κ2) is 4.39. The minimum absolute atomic E-state index is 0.0954. The Hall–Kier alpha value is -1.43. The summed E-state index contributed by atoms with van der Waals surface area (Å²) in [7, 11) is 0. The summed E-state index contributed by atoms with van der Waals surface area (Å²) < 4.78 is 10.0. The Bertz CT molecular complexity index is 344. The molecule has 0 radical (unpaired) electrons. The normalized spacial score (nSPS) is 21.5. The first-order valence-electron chi connectivity index (χ1n) is 4.93. The Labute approximate surface area is 86.2 Å². The molecule has 15 heavy (non-hydrogen) atoms. The molecule has 1 aromatic heterocycles. The van der Waals surface area contributed by atoms with Crippen molar-refractivity contribution < 1.29 is 19.2 Å². The Kier molecular flexibility index (Phi) is 2.96. The zero-order chi connectivity index (χ0) is 10.7. The number of carbonyl (C=O) groups is 1. The summed E-state index contributed by atoms with van der Waals surface area (Å²) in [5.74, 6) is -1.15. The molecule has 1 aromatic rings. The van der Waals surface area contributed by atoms with Gasteiger partial charge in [0.05, 0.1) is 6.10 Å². The number of carboxylic acid groups (broad SMARTS) is 1. The van der Waals surface area contributed by atoms with Crippen LogP contribution in [0.3, 0.4) is 0 Å². The fourth-order valence-electron chi connectivity index (χ4n) is 1.60. The lowest BCUT2D eigenvalue weighted by atomic mass is 10.1. The molecule has 6 nitrogen and oxygen atoms in total. The van der Waals surface area contributed by atoms with Crippen molar-refractivity contribution in [2.24, 2.45) is 0 Å². The number of aromatic nitrogens is 2. The molecule has 1 saturated heterocycles. The third-order valence-corrected chi connectivity index (χ3v) is 2.34. The number of hydrogen-bond acceptors (Lipinski definition) is 5. The van der Waals surface area contributed by atoms with Crippen LogP contribution in [-0.2, 0) is 11.2 Å². The minimum Gasteiger partial charge on any atom is -0.474 e. The highest BCUT2D eigenvalue weighted by Gasteiger charge is 2.19. The molecular weight excluding hydrogens is 200 g/mol. The van der Waals surface area contributed by atoms with Crippen molar-refractivity contribution in [1.29, 1.82) is 0 Å². The molecule has 0 saturated carbocycles. The number of ether oxygens (including phenoxy) is 1. The van der Waals surface area contributed by atoms with Crippen LogP contribution in [0.15, 0.2) is 4.52 Å². The Balaban J connectivity index is 1.94. The average molecular weight is 212 g/mol. The maximum Gasteiger partial charge on any atom is 0.394 e. The largest absolute Gasteiger partial charge is 0.474 e. The van der Waals surface area contributed by atoms with E-state index in [1.807, 2.05) is 0 Å². The van der Waals surface area contributed by atoms with Gasteiger partial charge < -0.3 is 14.4 Å². The minimum atomic E-state index is -1.20. The van der Waals surface area contributed by atoms with Gasteiger partial charge in [-0.3, -0.25) is 0 Å². The van der Waals surface area contributed by atoms with Crippen LogP contribution in [-0.4, -0.2) is 33.9 Å². The first-order chi connectivity index (χ1) is 7.25. The Morgan fingerprint density at radius 2 is 2.40 bits per heavy atom. The lowest BCUT2D eigenvalue weighted by molar-refractivity contribution is 0.0153. The molecule has 0 aromatic carbocycles. The van der Waals surface area contributed by atoms with E-state index >= 15 is 0 Å². The van der Waals surface area contributed by atoms with Gasteiger partial charge in [-0.05, 0) is 19.3 Å². The number of hydrogen-bond donors (Lipinski definition) is 1. The zero-order valence-corrected chi connectivity index (χ0v) is 8.18. The van der Waals surface area contributed by atoms with Crippen molar-refractivity contribution in [2.45, 2.75) is 31.8 Å². The molecule has 82 valence electrons. The van der Waals surface area contributed by atoms with Crippen molar-refractivity contribution in [3.63, 3.8) is 0 Å². The van der Waals surface area contributed by atoms with Crippen LogP contribution < -0.4 is 0 Å². The summed E-state index contributed by atoms with van der Waals surface area (Å²) in [6, 6.07) is 0. The molecule has 1 atom stereocenters. The van der Waals surface area contributed by atoms with Gasteiger partial charge in [0.2, 0.25) is 0 Å². The summed E-state index contributed by atoms with van der Waals surface area (Å²) >= 11 is 0. The van der Waals surface area contributed by atoms with E-state index < -0.39 is 5.97 Å². The molecule has 1 aliphatic rings. The van der Waals surface area contributed by atoms with Crippen molar-refractivity contribution in [3.8, 4) is 0 Å². The standard InChI is InChI=1S/C9H12N2O4/c12-9(13)8-10-7(11-15-8)5-6-3-1-2-4-14-6/h6H,1-5H2,(H,12,13). The molecule has 1 unspecified atom stereocenters. The highest BCUT2D eigenvalue weighted by Crippen LogP contribution is 2.15. The van der Waals surface area contributed by atoms with Crippen molar-refractivity contribution >= 4 is 5.97 Å². The predicted octanol–water partition coefficient (Wildman–Crippen LogP) is 0.879. The Morgan fingerprint density at radius 1 is 1.53 bits per heavy atom. The van der Waals surface area contributed by atoms with E-state index in [-0.39, 0.29) is 12.0 Å². The lowest BCUT2D eigenvalue weighted by Gasteiger charge is -2.20. The molecule has 0 bridgehead atoms. The van der Waals surface area contributed by atoms with E-state index in [1.54, 1.807) is 0 Å². The van der Waals surface area contributed by atoms with Crippen LogP contribution >= 0.6 is 0 Å². The molecule has 1 N–H and O–H groups in total. The predicted molar refractivity (Wildman–Crippen MR) is 48.6 cm³/mol. The topological polar surface area (TPSA) is 85.5 Å². The SMILES string of the molecule is O=C(O)c1nc(CC2CCCCO2)no1. The number of nitrogens with zero attached hydrogens (tertiary/aromatic N) is 2. The summed E-state index contributed by atoms with van der Waals surface area (Å²) in [5, 5.41) is 12.2. The van der Waals surface area contributed by atoms with Crippen LogP contribution in [0.4, 0.5) is 0 Å². The molecule has 1 fully saturated rings. The van der Waals surface area contributed by atoms with Gasteiger partial charge in [0.1, 0.15) is 0 Å². The summed E-state index contributed by atoms with van der Waals surface area (Å²) in [5.41, 5.74) is 0. The fraction of sp³-hybridized carbons (Fsp3) is 0.667. The van der Waals surface area contributed by atoms with E-state index in [4.69, 9.17) is 9.84 Å². The quantitative estimate of drug-likeness (QED) is 0.800. The van der Waals surface area contributed by atoms with Gasteiger partial charge in [-0.2, -0.15) is 4.98 Å². The third-order valence-electron chi connectivity index (χ3n) is 2.34. The van der Waals surface area contributed by atoms with E-state index in [1.165, 1.54) is 0 Å². The molecule has 6 heteroatoms. The second-order valence-electron chi connectivity index (χ2n) is 3.51. The fourth-order valence-corrected chi connectivity index (χ4v) is 1.60. The average Bonchev–Trinajstić information content (AvgIpc) is 2.68. The van der Waals surface area contributed by atoms with E-state index in [0.717, 1.165) is 25.9 Å². The monoisotopic (exact) mass is 212 g/mol. The molecule has 2 heterocycles. The van der Waals surface area contributed by atoms with Crippen LogP contribution in [0.1, 0.15) is 35.8 Å². The molecular formula is C9H12N2O4. The van der Waals surface area contributed by atoms with Crippen molar-refractivity contribution in [2.75, 3.05) is 6.61 Å². The molecule has 1 aliphatic heterocycles. The van der Waals surface area contributed by atoms with Gasteiger partial charge in [-0.1, -0.05) is 5.16 Å². The highest BCUT2D eigenvalue weighted by atomic mass is 16.5. The zero-order valence-electron chi connectivity index (χ0n) is 8.18. The summed E-state index contributed by atoms with van der Waals surface area (Å²) in [6.45, 7) is 0.758. The number of carboxylic acids is 1. The third kappa shape index (κ3) is 2.53. The van der Waals surface area contributed by atoms with Gasteiger partial charge in [0, 0.05) is 13.0 Å². The maximum absolute atomic E-state index is 10.5. The van der Waals surface area contributed by atoms with Gasteiger partial charge >= 0.3 is 11.9 Å². The molecule has 0 aliphatic carbocycles. The van der Waals surface area contributed by atoms with Crippen LogP contribution in [0.25, 0.3) is 0 Å². The van der Waals surface area contributed by atoms with Gasteiger partial charge in [0.15, 0.2) is 5.82 Å². The van der Waals surface area contributed by atoms with Crippen LogP contribution in [0.5, 0.6) is 0 Å². The molecule has 0 amide bonds. The van der Waals surface area contributed by atoms with Gasteiger partial charge in [-0.25, -0.2) is 4.79 Å². The van der Waals surface area contributed by atoms with Gasteiger partial charge in [0.25, 0.3) is 0 Å².